The number of benzene rings is 1. The predicted octanol–water partition coefficient (Wildman–Crippen LogP) is 1.66. The van der Waals surface area contributed by atoms with Crippen LogP contribution in [0, 0.1) is 0 Å². The number of hydrogen-bond acceptors (Lipinski definition) is 5. The van der Waals surface area contributed by atoms with Gasteiger partial charge in [-0.1, -0.05) is 17.2 Å². The van der Waals surface area contributed by atoms with Crippen molar-refractivity contribution >= 4 is 17.8 Å². The van der Waals surface area contributed by atoms with E-state index in [4.69, 9.17) is 4.84 Å². The Morgan fingerprint density at radius 3 is 2.41 bits per heavy atom. The van der Waals surface area contributed by atoms with Crippen LogP contribution in [0.25, 0.3) is 0 Å². The first-order valence-electron chi connectivity index (χ1n) is 6.90. The van der Waals surface area contributed by atoms with Gasteiger partial charge in [-0.25, -0.2) is 4.79 Å². The highest BCUT2D eigenvalue weighted by Crippen LogP contribution is 2.40. The standard InChI is InChI=1S/C15H11N3O4/c19-13-9-3-1-2-4-10(9)14(20)18(13)22-15(21)11-7-16-17-12(11)8-5-6-8/h1-4,7-8H,5-6H2,(H,16,17). The normalized spacial score (nSPS) is 16.8. The van der Waals surface area contributed by atoms with E-state index in [1.165, 1.54) is 18.3 Å². The Labute approximate surface area is 124 Å². The number of nitrogens with one attached hydrogen (secondary N) is 1. The SMILES string of the molecule is O=C(ON1C(=O)c2ccccc2C1=O)c1cn[nH]c1C1CC1. The zero-order valence-corrected chi connectivity index (χ0v) is 11.4. The number of aromatic amines is 1. The highest BCUT2D eigenvalue weighted by Gasteiger charge is 2.40. The third kappa shape index (κ3) is 1.82. The number of aromatic nitrogens is 2. The third-order valence-corrected chi connectivity index (χ3v) is 3.81. The van der Waals surface area contributed by atoms with E-state index in [-0.39, 0.29) is 22.6 Å². The van der Waals surface area contributed by atoms with Gasteiger partial charge in [0.05, 0.1) is 23.0 Å². The molecule has 22 heavy (non-hydrogen) atoms. The number of amides is 2. The minimum Gasteiger partial charge on any atom is -0.324 e. The molecule has 110 valence electrons. The van der Waals surface area contributed by atoms with E-state index < -0.39 is 17.8 Å². The molecule has 4 rings (SSSR count). The maximum absolute atomic E-state index is 12.2. The average Bonchev–Trinajstić information content (AvgIpc) is 3.22. The lowest BCUT2D eigenvalue weighted by Crippen LogP contribution is -2.32. The van der Waals surface area contributed by atoms with Crippen LogP contribution in [0.5, 0.6) is 0 Å². The van der Waals surface area contributed by atoms with Crippen LogP contribution in [0.4, 0.5) is 0 Å². The molecule has 0 radical (unpaired) electrons. The molecule has 7 heteroatoms. The number of carbonyl (C=O) groups excluding carboxylic acids is 3. The number of imide groups is 1. The van der Waals surface area contributed by atoms with E-state index in [9.17, 15) is 14.4 Å². The lowest BCUT2D eigenvalue weighted by molar-refractivity contribution is -0.0585. The molecule has 0 bridgehead atoms. The molecule has 0 unspecified atom stereocenters. The largest absolute Gasteiger partial charge is 0.367 e. The molecule has 1 N–H and O–H groups in total. The van der Waals surface area contributed by atoms with Gasteiger partial charge >= 0.3 is 5.97 Å². The van der Waals surface area contributed by atoms with Gasteiger partial charge in [-0.3, -0.25) is 14.7 Å². The quantitative estimate of drug-likeness (QED) is 0.870. The molecule has 0 atom stereocenters. The summed E-state index contributed by atoms with van der Waals surface area (Å²) in [5.74, 6) is -1.76. The highest BCUT2D eigenvalue weighted by molar-refractivity contribution is 6.21. The molecule has 0 spiro atoms. The molecule has 2 aromatic rings. The Bertz CT molecular complexity index is 772. The van der Waals surface area contributed by atoms with Crippen molar-refractivity contribution in [1.29, 1.82) is 0 Å². The van der Waals surface area contributed by atoms with Gasteiger partial charge in [-0.15, -0.1) is 0 Å². The average molecular weight is 297 g/mol. The first kappa shape index (κ1) is 12.8. The van der Waals surface area contributed by atoms with Gasteiger partial charge in [0, 0.05) is 5.92 Å². The number of nitrogens with zero attached hydrogens (tertiary/aromatic N) is 2. The van der Waals surface area contributed by atoms with Gasteiger partial charge in [-0.05, 0) is 25.0 Å². The van der Waals surface area contributed by atoms with Crippen LogP contribution in [0.15, 0.2) is 30.5 Å². The number of hydrogen-bond donors (Lipinski definition) is 1. The van der Waals surface area contributed by atoms with Gasteiger partial charge in [0.15, 0.2) is 0 Å². The second kappa shape index (κ2) is 4.52. The van der Waals surface area contributed by atoms with Crippen LogP contribution in [-0.2, 0) is 4.84 Å². The number of H-pyrrole nitrogens is 1. The Hall–Kier alpha value is -2.96. The molecule has 1 aliphatic carbocycles. The second-order valence-corrected chi connectivity index (χ2v) is 5.30. The molecule has 7 nitrogen and oxygen atoms in total. The van der Waals surface area contributed by atoms with E-state index in [0.717, 1.165) is 12.8 Å². The predicted molar refractivity (Wildman–Crippen MR) is 72.9 cm³/mol. The molecular formula is C15H11N3O4. The van der Waals surface area contributed by atoms with Gasteiger partial charge in [-0.2, -0.15) is 5.10 Å². The first-order chi connectivity index (χ1) is 10.7. The monoisotopic (exact) mass is 297 g/mol. The topological polar surface area (TPSA) is 92.4 Å². The van der Waals surface area contributed by atoms with Gasteiger partial charge in [0.1, 0.15) is 5.56 Å². The van der Waals surface area contributed by atoms with E-state index in [1.54, 1.807) is 12.1 Å². The van der Waals surface area contributed by atoms with E-state index in [2.05, 4.69) is 10.2 Å². The Balaban J connectivity index is 1.59. The van der Waals surface area contributed by atoms with Crippen molar-refractivity contribution in [2.45, 2.75) is 18.8 Å². The van der Waals surface area contributed by atoms with E-state index in [0.29, 0.717) is 10.8 Å². The summed E-state index contributed by atoms with van der Waals surface area (Å²) in [7, 11) is 0. The van der Waals surface area contributed by atoms with Crippen molar-refractivity contribution in [3.8, 4) is 0 Å². The van der Waals surface area contributed by atoms with Gasteiger partial charge in [0.2, 0.25) is 0 Å². The summed E-state index contributed by atoms with van der Waals surface area (Å²) >= 11 is 0. The van der Waals surface area contributed by atoms with E-state index in [1.807, 2.05) is 0 Å². The van der Waals surface area contributed by atoms with Crippen LogP contribution in [0.3, 0.4) is 0 Å². The highest BCUT2D eigenvalue weighted by atomic mass is 16.7. The van der Waals surface area contributed by atoms with Crippen molar-refractivity contribution in [3.63, 3.8) is 0 Å². The fourth-order valence-corrected chi connectivity index (χ4v) is 2.52. The summed E-state index contributed by atoms with van der Waals surface area (Å²) in [5.41, 5.74) is 1.42. The molecule has 1 saturated carbocycles. The van der Waals surface area contributed by atoms with Gasteiger partial charge < -0.3 is 4.84 Å². The zero-order chi connectivity index (χ0) is 15.3. The Kier molecular flexibility index (Phi) is 2.62. The molecule has 1 aliphatic heterocycles. The zero-order valence-electron chi connectivity index (χ0n) is 11.4. The number of rotatable bonds is 3. The maximum Gasteiger partial charge on any atom is 0.367 e. The Morgan fingerprint density at radius 1 is 1.18 bits per heavy atom. The smallest absolute Gasteiger partial charge is 0.324 e. The first-order valence-corrected chi connectivity index (χ1v) is 6.90. The molecule has 1 aromatic carbocycles. The summed E-state index contributed by atoms with van der Waals surface area (Å²) in [4.78, 5) is 41.5. The molecular weight excluding hydrogens is 286 g/mol. The summed E-state index contributed by atoms with van der Waals surface area (Å²) in [6, 6.07) is 6.35. The van der Waals surface area contributed by atoms with Crippen molar-refractivity contribution in [2.75, 3.05) is 0 Å². The third-order valence-electron chi connectivity index (χ3n) is 3.81. The molecule has 2 heterocycles. The number of carbonyl (C=O) groups is 3. The lowest BCUT2D eigenvalue weighted by atomic mass is 10.1. The minimum atomic E-state index is -0.759. The molecule has 2 amide bonds. The Morgan fingerprint density at radius 2 is 1.82 bits per heavy atom. The van der Waals surface area contributed by atoms with Crippen LogP contribution < -0.4 is 0 Å². The molecule has 1 aromatic heterocycles. The fourth-order valence-electron chi connectivity index (χ4n) is 2.52. The summed E-state index contributed by atoms with van der Waals surface area (Å²) < 4.78 is 0. The van der Waals surface area contributed by atoms with Gasteiger partial charge in [0.25, 0.3) is 11.8 Å². The number of hydroxylamine groups is 2. The van der Waals surface area contributed by atoms with Crippen molar-refractivity contribution in [3.05, 3.63) is 52.8 Å². The van der Waals surface area contributed by atoms with Crippen LogP contribution in [0.1, 0.15) is 55.5 Å². The summed E-state index contributed by atoms with van der Waals surface area (Å²) in [5, 5.41) is 7.13. The van der Waals surface area contributed by atoms with Crippen LogP contribution >= 0.6 is 0 Å². The maximum atomic E-state index is 12.2. The molecule has 1 fully saturated rings. The van der Waals surface area contributed by atoms with Crippen LogP contribution in [-0.4, -0.2) is 33.0 Å². The second-order valence-electron chi connectivity index (χ2n) is 5.30. The number of fused-ring (bicyclic) bond motifs is 1. The fraction of sp³-hybridized carbons (Fsp3) is 0.200. The summed E-state index contributed by atoms with van der Waals surface area (Å²) in [6.45, 7) is 0. The molecule has 0 saturated heterocycles. The van der Waals surface area contributed by atoms with Crippen LogP contribution in [0.2, 0.25) is 0 Å². The van der Waals surface area contributed by atoms with E-state index >= 15 is 0 Å². The molecule has 2 aliphatic rings. The van der Waals surface area contributed by atoms with Crippen molar-refractivity contribution < 1.29 is 19.2 Å². The van der Waals surface area contributed by atoms with Crippen molar-refractivity contribution in [2.24, 2.45) is 0 Å². The lowest BCUT2D eigenvalue weighted by Gasteiger charge is -2.12. The van der Waals surface area contributed by atoms with Crippen molar-refractivity contribution in [1.82, 2.24) is 15.3 Å². The summed E-state index contributed by atoms with van der Waals surface area (Å²) in [6.07, 6.45) is 3.32. The minimum absolute atomic E-state index is 0.231.